The van der Waals surface area contributed by atoms with Gasteiger partial charge in [0.2, 0.25) is 5.91 Å². The van der Waals surface area contributed by atoms with E-state index in [2.05, 4.69) is 11.4 Å². The Labute approximate surface area is 190 Å². The summed E-state index contributed by atoms with van der Waals surface area (Å²) in [6, 6.07) is 3.98. The van der Waals surface area contributed by atoms with Crippen molar-refractivity contribution in [2.75, 3.05) is 25.0 Å². The van der Waals surface area contributed by atoms with Gasteiger partial charge in [-0.2, -0.15) is 5.26 Å². The van der Waals surface area contributed by atoms with Crippen molar-refractivity contribution in [1.82, 2.24) is 4.90 Å². The van der Waals surface area contributed by atoms with E-state index in [9.17, 15) is 20.0 Å². The van der Waals surface area contributed by atoms with Gasteiger partial charge in [0.15, 0.2) is 0 Å². The number of amides is 2. The van der Waals surface area contributed by atoms with E-state index in [4.69, 9.17) is 9.15 Å². The number of hydrogen-bond donors (Lipinski definition) is 2. The summed E-state index contributed by atoms with van der Waals surface area (Å²) < 4.78 is 10.5. The Morgan fingerprint density at radius 1 is 1.44 bits per heavy atom. The zero-order valence-electron chi connectivity index (χ0n) is 17.6. The SMILES string of the molecule is N#Cc1c(NC(=O)/C=C/c2ccoc2)sc2c1CCC(COC(=O)N1CCCC(O)C1)C2. The minimum Gasteiger partial charge on any atom is -0.472 e. The maximum absolute atomic E-state index is 12.3. The first-order chi connectivity index (χ1) is 15.5. The molecule has 0 bridgehead atoms. The van der Waals surface area contributed by atoms with Crippen molar-refractivity contribution in [2.24, 2.45) is 5.92 Å². The van der Waals surface area contributed by atoms with E-state index in [-0.39, 0.29) is 17.9 Å². The third-order valence-corrected chi connectivity index (χ3v) is 6.95. The number of furan rings is 1. The van der Waals surface area contributed by atoms with Crippen LogP contribution < -0.4 is 5.32 Å². The zero-order chi connectivity index (χ0) is 22.5. The topological polar surface area (TPSA) is 116 Å². The number of anilines is 1. The van der Waals surface area contributed by atoms with Crippen molar-refractivity contribution in [3.8, 4) is 6.07 Å². The van der Waals surface area contributed by atoms with Crippen molar-refractivity contribution in [3.05, 3.63) is 46.2 Å². The van der Waals surface area contributed by atoms with Crippen LogP contribution in [0.25, 0.3) is 6.08 Å². The minimum atomic E-state index is -0.479. The molecule has 2 aromatic heterocycles. The summed E-state index contributed by atoms with van der Waals surface area (Å²) in [4.78, 5) is 27.2. The summed E-state index contributed by atoms with van der Waals surface area (Å²) in [5.74, 6) is -0.147. The number of thiophene rings is 1. The number of β-amino-alcohol motifs (C(OH)–C–C–N with tert-alkyl or cyclic N) is 1. The fourth-order valence-corrected chi connectivity index (χ4v) is 5.41. The number of piperidine rings is 1. The summed E-state index contributed by atoms with van der Waals surface area (Å²) in [6.07, 6.45) is 8.97. The number of nitrogens with zero attached hydrogens (tertiary/aromatic N) is 2. The summed E-state index contributed by atoms with van der Waals surface area (Å²) in [5, 5.41) is 22.8. The smallest absolute Gasteiger partial charge is 0.409 e. The summed E-state index contributed by atoms with van der Waals surface area (Å²) in [6.45, 7) is 1.24. The Balaban J connectivity index is 1.35. The van der Waals surface area contributed by atoms with Crippen LogP contribution in [0.5, 0.6) is 0 Å². The molecule has 4 rings (SSSR count). The van der Waals surface area contributed by atoms with E-state index in [1.165, 1.54) is 29.9 Å². The van der Waals surface area contributed by atoms with Crippen molar-refractivity contribution in [1.29, 1.82) is 5.26 Å². The molecule has 2 aliphatic rings. The Kier molecular flexibility index (Phi) is 6.93. The van der Waals surface area contributed by atoms with E-state index in [0.29, 0.717) is 49.5 Å². The van der Waals surface area contributed by atoms with Gasteiger partial charge in [0, 0.05) is 29.6 Å². The molecule has 1 saturated heterocycles. The second-order valence-electron chi connectivity index (χ2n) is 8.13. The Hall–Kier alpha value is -3.09. The molecule has 1 fully saturated rings. The first kappa shape index (κ1) is 22.1. The molecule has 1 aliphatic heterocycles. The lowest BCUT2D eigenvalue weighted by Crippen LogP contribution is -2.42. The molecule has 2 unspecified atom stereocenters. The minimum absolute atomic E-state index is 0.163. The number of rotatable bonds is 5. The van der Waals surface area contributed by atoms with E-state index in [1.807, 2.05) is 0 Å². The third-order valence-electron chi connectivity index (χ3n) is 5.78. The molecule has 0 aromatic carbocycles. The van der Waals surface area contributed by atoms with Crippen LogP contribution in [0.4, 0.5) is 9.80 Å². The average Bonchev–Trinajstić information content (AvgIpc) is 3.43. The van der Waals surface area contributed by atoms with Gasteiger partial charge in [-0.3, -0.25) is 4.79 Å². The molecule has 2 atom stereocenters. The van der Waals surface area contributed by atoms with Gasteiger partial charge in [-0.25, -0.2) is 4.79 Å². The molecule has 168 valence electrons. The zero-order valence-corrected chi connectivity index (χ0v) is 18.4. The summed E-state index contributed by atoms with van der Waals surface area (Å²) in [5.41, 5.74) is 2.28. The maximum Gasteiger partial charge on any atom is 0.409 e. The van der Waals surface area contributed by atoms with E-state index < -0.39 is 6.10 Å². The highest BCUT2D eigenvalue weighted by molar-refractivity contribution is 7.16. The summed E-state index contributed by atoms with van der Waals surface area (Å²) in [7, 11) is 0. The molecule has 1 aliphatic carbocycles. The van der Waals surface area contributed by atoms with Gasteiger partial charge in [-0.15, -0.1) is 11.3 Å². The number of likely N-dealkylation sites (tertiary alicyclic amines) is 1. The van der Waals surface area contributed by atoms with Gasteiger partial charge < -0.3 is 24.5 Å². The number of hydrogen-bond acceptors (Lipinski definition) is 7. The first-order valence-corrected chi connectivity index (χ1v) is 11.5. The molecule has 0 saturated carbocycles. The Morgan fingerprint density at radius 3 is 3.06 bits per heavy atom. The predicted octanol–water partition coefficient (Wildman–Crippen LogP) is 3.56. The highest BCUT2D eigenvalue weighted by atomic mass is 32.1. The van der Waals surface area contributed by atoms with E-state index >= 15 is 0 Å². The van der Waals surface area contributed by atoms with Gasteiger partial charge in [0.25, 0.3) is 0 Å². The van der Waals surface area contributed by atoms with Gasteiger partial charge >= 0.3 is 6.09 Å². The fourth-order valence-electron chi connectivity index (χ4n) is 4.10. The second-order valence-corrected chi connectivity index (χ2v) is 9.23. The normalized spacial score (nSPS) is 20.6. The number of fused-ring (bicyclic) bond motifs is 1. The van der Waals surface area contributed by atoms with Crippen LogP contribution in [-0.4, -0.2) is 47.8 Å². The standard InChI is InChI=1S/C23H25N3O5S/c24-11-19-18-5-3-16(14-31-23(29)26-8-1-2-17(27)12-26)10-20(18)32-22(19)25-21(28)6-4-15-7-9-30-13-15/h4,6-7,9,13,16-17,27H,1-3,5,8,10,12,14H2,(H,25,28)/b6-4+. The highest BCUT2D eigenvalue weighted by Gasteiger charge is 2.28. The third kappa shape index (κ3) is 5.21. The van der Waals surface area contributed by atoms with Crippen molar-refractivity contribution in [2.45, 2.75) is 38.2 Å². The number of carbonyl (C=O) groups excluding carboxylic acids is 2. The largest absolute Gasteiger partial charge is 0.472 e. The van der Waals surface area contributed by atoms with Crippen LogP contribution in [0.2, 0.25) is 0 Å². The Morgan fingerprint density at radius 2 is 2.31 bits per heavy atom. The first-order valence-electron chi connectivity index (χ1n) is 10.7. The molecule has 8 nitrogen and oxygen atoms in total. The second kappa shape index (κ2) is 10.0. The molecule has 2 N–H and O–H groups in total. The molecular formula is C23H25N3O5S. The lowest BCUT2D eigenvalue weighted by molar-refractivity contribution is -0.111. The number of aliphatic hydroxyl groups is 1. The molecule has 0 radical (unpaired) electrons. The van der Waals surface area contributed by atoms with E-state index in [0.717, 1.165) is 28.8 Å². The lowest BCUT2D eigenvalue weighted by Gasteiger charge is -2.30. The lowest BCUT2D eigenvalue weighted by atomic mass is 9.88. The number of nitrogens with one attached hydrogen (secondary N) is 1. The summed E-state index contributed by atoms with van der Waals surface area (Å²) >= 11 is 1.41. The van der Waals surface area contributed by atoms with Gasteiger partial charge in [-0.1, -0.05) is 0 Å². The monoisotopic (exact) mass is 455 g/mol. The van der Waals surface area contributed by atoms with Crippen LogP contribution >= 0.6 is 11.3 Å². The highest BCUT2D eigenvalue weighted by Crippen LogP contribution is 2.39. The van der Waals surface area contributed by atoms with Crippen LogP contribution in [0.1, 0.15) is 40.8 Å². The van der Waals surface area contributed by atoms with E-state index in [1.54, 1.807) is 17.0 Å². The van der Waals surface area contributed by atoms with Crippen molar-refractivity contribution in [3.63, 3.8) is 0 Å². The number of ether oxygens (including phenoxy) is 1. The van der Waals surface area contributed by atoms with Gasteiger partial charge in [0.1, 0.15) is 11.1 Å². The molecule has 2 amide bonds. The molecular weight excluding hydrogens is 430 g/mol. The number of nitriles is 1. The van der Waals surface area contributed by atoms with Gasteiger partial charge in [-0.05, 0) is 55.7 Å². The molecule has 0 spiro atoms. The van der Waals surface area contributed by atoms with Crippen LogP contribution in [0.3, 0.4) is 0 Å². The molecule has 9 heteroatoms. The Bertz CT molecular complexity index is 1040. The van der Waals surface area contributed by atoms with Crippen LogP contribution in [-0.2, 0) is 22.4 Å². The van der Waals surface area contributed by atoms with Crippen molar-refractivity contribution < 1.29 is 23.8 Å². The maximum atomic E-state index is 12.3. The van der Waals surface area contributed by atoms with Crippen LogP contribution in [0, 0.1) is 17.2 Å². The number of carbonyl (C=O) groups is 2. The predicted molar refractivity (Wildman–Crippen MR) is 119 cm³/mol. The fraction of sp³-hybridized carbons (Fsp3) is 0.435. The van der Waals surface area contributed by atoms with Gasteiger partial charge in [0.05, 0.1) is 30.8 Å². The molecule has 2 aromatic rings. The quantitative estimate of drug-likeness (QED) is 0.666. The average molecular weight is 456 g/mol. The van der Waals surface area contributed by atoms with Crippen LogP contribution in [0.15, 0.2) is 29.1 Å². The van der Waals surface area contributed by atoms with Crippen molar-refractivity contribution >= 4 is 34.4 Å². The number of aliphatic hydroxyl groups excluding tert-OH is 1. The molecule has 32 heavy (non-hydrogen) atoms. The molecule has 3 heterocycles.